The zero-order valence-corrected chi connectivity index (χ0v) is 15.1. The van der Waals surface area contributed by atoms with E-state index in [1.165, 1.54) is 5.39 Å². The average molecular weight is 357 g/mol. The molecule has 6 heteroatoms. The number of benzene rings is 1. The molecule has 0 atom stereocenters. The highest BCUT2D eigenvalue weighted by Gasteiger charge is 2.23. The number of imidazole rings is 1. The number of hydrogen-bond acceptors (Lipinski definition) is 3. The molecule has 0 spiro atoms. The van der Waals surface area contributed by atoms with Crippen molar-refractivity contribution in [1.29, 1.82) is 0 Å². The van der Waals surface area contributed by atoms with E-state index in [-0.39, 0.29) is 0 Å². The summed E-state index contributed by atoms with van der Waals surface area (Å²) >= 11 is 0. The summed E-state index contributed by atoms with van der Waals surface area (Å²) in [6, 6.07) is 12.3. The van der Waals surface area contributed by atoms with Gasteiger partial charge in [0.15, 0.2) is 0 Å². The van der Waals surface area contributed by atoms with Crippen LogP contribution in [-0.4, -0.2) is 29.7 Å². The van der Waals surface area contributed by atoms with E-state index in [4.69, 9.17) is 4.98 Å². The molecule has 0 saturated carbocycles. The van der Waals surface area contributed by atoms with Crippen molar-refractivity contribution >= 4 is 16.6 Å². The van der Waals surface area contributed by atoms with Gasteiger partial charge < -0.3 is 14.5 Å². The lowest BCUT2D eigenvalue weighted by molar-refractivity contribution is 0.0744. The molecule has 0 aliphatic carbocycles. The molecule has 5 rings (SSSR count). The molecule has 134 valence electrons. The van der Waals surface area contributed by atoms with Crippen molar-refractivity contribution in [2.45, 2.75) is 19.4 Å². The highest BCUT2D eigenvalue weighted by atomic mass is 16.3. The van der Waals surface area contributed by atoms with Crippen molar-refractivity contribution in [3.05, 3.63) is 66.9 Å². The lowest BCUT2D eigenvalue weighted by atomic mass is 9.98. The Kier molecular flexibility index (Phi) is 3.26. The maximum Gasteiger partial charge on any atom is 0.137 e. The molecular formula is C21H19N5O. The van der Waals surface area contributed by atoms with Crippen LogP contribution < -0.4 is 0 Å². The Morgan fingerprint density at radius 3 is 2.74 bits per heavy atom. The van der Waals surface area contributed by atoms with Crippen LogP contribution in [0.1, 0.15) is 19.5 Å². The quantitative estimate of drug-likeness (QED) is 0.455. The number of nitrogens with zero attached hydrogens (tertiary/aromatic N) is 3. The van der Waals surface area contributed by atoms with Crippen LogP contribution >= 0.6 is 0 Å². The Bertz CT molecular complexity index is 1270. The van der Waals surface area contributed by atoms with Crippen molar-refractivity contribution in [2.24, 2.45) is 0 Å². The Hall–Kier alpha value is -3.38. The van der Waals surface area contributed by atoms with E-state index in [2.05, 4.69) is 39.4 Å². The Labute approximate surface area is 155 Å². The third-order valence-electron chi connectivity index (χ3n) is 4.86. The van der Waals surface area contributed by atoms with Crippen molar-refractivity contribution in [3.8, 4) is 22.4 Å². The summed E-state index contributed by atoms with van der Waals surface area (Å²) < 4.78 is 2.00. The minimum absolute atomic E-state index is 0.694. The van der Waals surface area contributed by atoms with Crippen molar-refractivity contribution in [2.75, 3.05) is 0 Å². The second kappa shape index (κ2) is 5.56. The summed E-state index contributed by atoms with van der Waals surface area (Å²) in [7, 11) is 0. The fourth-order valence-electron chi connectivity index (χ4n) is 3.47. The van der Waals surface area contributed by atoms with Gasteiger partial charge in [0.05, 0.1) is 17.6 Å². The van der Waals surface area contributed by atoms with Crippen LogP contribution in [-0.2, 0) is 5.60 Å². The minimum atomic E-state index is -0.994. The summed E-state index contributed by atoms with van der Waals surface area (Å²) in [6.07, 6.45) is 7.72. The molecule has 0 aliphatic rings. The van der Waals surface area contributed by atoms with Crippen LogP contribution in [0.5, 0.6) is 0 Å². The lowest BCUT2D eigenvalue weighted by Crippen LogP contribution is -2.17. The molecule has 0 saturated heterocycles. The van der Waals surface area contributed by atoms with E-state index in [1.807, 2.05) is 35.1 Å². The first-order valence-corrected chi connectivity index (χ1v) is 8.82. The molecule has 0 fully saturated rings. The van der Waals surface area contributed by atoms with Gasteiger partial charge in [-0.1, -0.05) is 12.1 Å². The number of hydrogen-bond donors (Lipinski definition) is 3. The van der Waals surface area contributed by atoms with E-state index in [9.17, 15) is 5.11 Å². The predicted octanol–water partition coefficient (Wildman–Crippen LogP) is 4.10. The van der Waals surface area contributed by atoms with Crippen molar-refractivity contribution < 1.29 is 5.11 Å². The first kappa shape index (κ1) is 15.8. The molecule has 0 bridgehead atoms. The Morgan fingerprint density at radius 2 is 1.89 bits per heavy atom. The zero-order valence-electron chi connectivity index (χ0n) is 15.1. The lowest BCUT2D eigenvalue weighted by Gasteiger charge is -2.17. The SMILES string of the molecule is CC(C)(O)c1[nH]ncc1-c1ccc2nc(-c3ccc4cc[nH]c4c3)cn2c1. The first-order valence-electron chi connectivity index (χ1n) is 8.82. The smallest absolute Gasteiger partial charge is 0.137 e. The number of fused-ring (bicyclic) bond motifs is 2. The molecule has 0 radical (unpaired) electrons. The van der Waals surface area contributed by atoms with Gasteiger partial charge in [0.2, 0.25) is 0 Å². The molecule has 5 aromatic rings. The predicted molar refractivity (Wildman–Crippen MR) is 105 cm³/mol. The monoisotopic (exact) mass is 357 g/mol. The maximum atomic E-state index is 10.4. The van der Waals surface area contributed by atoms with Crippen LogP contribution in [0.2, 0.25) is 0 Å². The summed E-state index contributed by atoms with van der Waals surface area (Å²) in [5.74, 6) is 0. The molecule has 0 unspecified atom stereocenters. The van der Waals surface area contributed by atoms with Gasteiger partial charge in [-0.25, -0.2) is 4.98 Å². The molecule has 0 aliphatic heterocycles. The molecule has 0 amide bonds. The molecule has 3 N–H and O–H groups in total. The number of aliphatic hydroxyl groups is 1. The number of aromatic amines is 2. The van der Waals surface area contributed by atoms with Crippen molar-refractivity contribution in [3.63, 3.8) is 0 Å². The van der Waals surface area contributed by atoms with Gasteiger partial charge in [-0.05, 0) is 43.5 Å². The number of nitrogens with one attached hydrogen (secondary N) is 2. The molecular weight excluding hydrogens is 338 g/mol. The highest BCUT2D eigenvalue weighted by Crippen LogP contribution is 2.30. The highest BCUT2D eigenvalue weighted by molar-refractivity contribution is 5.84. The van der Waals surface area contributed by atoms with E-state index in [1.54, 1.807) is 20.0 Å². The van der Waals surface area contributed by atoms with Crippen LogP contribution in [0, 0.1) is 0 Å². The fourth-order valence-corrected chi connectivity index (χ4v) is 3.47. The third kappa shape index (κ3) is 2.62. The van der Waals surface area contributed by atoms with Gasteiger partial charge in [-0.15, -0.1) is 0 Å². The molecule has 6 nitrogen and oxygen atoms in total. The van der Waals surface area contributed by atoms with Gasteiger partial charge in [0.1, 0.15) is 11.2 Å². The third-order valence-corrected chi connectivity index (χ3v) is 4.86. The number of aromatic nitrogens is 5. The van der Waals surface area contributed by atoms with E-state index >= 15 is 0 Å². The normalized spacial score (nSPS) is 12.3. The standard InChI is InChI=1S/C21H19N5O/c1-21(2,27)20-16(10-23-25-20)15-5-6-19-24-18(12-26(19)11-15)14-4-3-13-7-8-22-17(13)9-14/h3-12,22,27H,1-2H3,(H,23,25). The zero-order chi connectivity index (χ0) is 18.6. The van der Waals surface area contributed by atoms with Crippen molar-refractivity contribution in [1.82, 2.24) is 24.6 Å². The number of H-pyrrole nitrogens is 2. The van der Waals surface area contributed by atoms with Gasteiger partial charge >= 0.3 is 0 Å². The van der Waals surface area contributed by atoms with E-state index in [0.29, 0.717) is 5.69 Å². The van der Waals surface area contributed by atoms with Crippen LogP contribution in [0.15, 0.2) is 61.2 Å². The maximum absolute atomic E-state index is 10.4. The van der Waals surface area contributed by atoms with Gasteiger partial charge in [-0.2, -0.15) is 5.10 Å². The second-order valence-corrected chi connectivity index (χ2v) is 7.31. The van der Waals surface area contributed by atoms with Gasteiger partial charge in [-0.3, -0.25) is 5.10 Å². The van der Waals surface area contributed by atoms with Gasteiger partial charge in [0.25, 0.3) is 0 Å². The Morgan fingerprint density at radius 1 is 1.04 bits per heavy atom. The summed E-state index contributed by atoms with van der Waals surface area (Å²) in [6.45, 7) is 3.49. The largest absolute Gasteiger partial charge is 0.384 e. The minimum Gasteiger partial charge on any atom is -0.384 e. The molecule has 4 aromatic heterocycles. The van der Waals surface area contributed by atoms with E-state index in [0.717, 1.165) is 33.5 Å². The fraction of sp³-hybridized carbons (Fsp3) is 0.143. The topological polar surface area (TPSA) is 82.0 Å². The number of pyridine rings is 1. The van der Waals surface area contributed by atoms with Gasteiger partial charge in [0, 0.05) is 40.8 Å². The van der Waals surface area contributed by atoms with E-state index < -0.39 is 5.60 Å². The second-order valence-electron chi connectivity index (χ2n) is 7.31. The molecule has 27 heavy (non-hydrogen) atoms. The summed E-state index contributed by atoms with van der Waals surface area (Å²) in [5, 5.41) is 18.6. The van der Waals surface area contributed by atoms with Crippen LogP contribution in [0.3, 0.4) is 0 Å². The first-order chi connectivity index (χ1) is 13.0. The summed E-state index contributed by atoms with van der Waals surface area (Å²) in [5.41, 5.74) is 5.50. The number of rotatable bonds is 3. The van der Waals surface area contributed by atoms with Crippen LogP contribution in [0.25, 0.3) is 38.9 Å². The molecule has 4 heterocycles. The van der Waals surface area contributed by atoms with Crippen LogP contribution in [0.4, 0.5) is 0 Å². The Balaban J connectivity index is 1.60. The average Bonchev–Trinajstić information content (AvgIpc) is 3.37. The molecule has 1 aromatic carbocycles. The summed E-state index contributed by atoms with van der Waals surface area (Å²) in [4.78, 5) is 7.99.